The lowest BCUT2D eigenvalue weighted by molar-refractivity contribution is 0.116. The molecule has 1 heterocycles. The van der Waals surface area contributed by atoms with Gasteiger partial charge in [-0.2, -0.15) is 0 Å². The SMILES string of the molecule is Cc1cc(N)c(Cl)cc1N(C)CC1CCCO1. The minimum atomic E-state index is 0.343. The Kier molecular flexibility index (Phi) is 3.79. The van der Waals surface area contributed by atoms with Crippen molar-refractivity contribution in [1.29, 1.82) is 0 Å². The summed E-state index contributed by atoms with van der Waals surface area (Å²) in [5, 5.41) is 0.616. The molecule has 17 heavy (non-hydrogen) atoms. The third kappa shape index (κ3) is 2.85. The summed E-state index contributed by atoms with van der Waals surface area (Å²) in [7, 11) is 2.07. The van der Waals surface area contributed by atoms with Gasteiger partial charge in [-0.05, 0) is 37.5 Å². The molecule has 2 rings (SSSR count). The first-order chi connectivity index (χ1) is 8.08. The fourth-order valence-corrected chi connectivity index (χ4v) is 2.45. The molecule has 0 radical (unpaired) electrons. The Balaban J connectivity index is 2.12. The Hall–Kier alpha value is -0.930. The van der Waals surface area contributed by atoms with Crippen molar-refractivity contribution in [2.45, 2.75) is 25.9 Å². The molecule has 4 heteroatoms. The molecule has 0 aliphatic carbocycles. The molecule has 0 aromatic heterocycles. The highest BCUT2D eigenvalue weighted by molar-refractivity contribution is 6.33. The predicted octanol–water partition coefficient (Wildman–Crippen LogP) is 2.85. The Labute approximate surface area is 107 Å². The van der Waals surface area contributed by atoms with Crippen LogP contribution in [0.25, 0.3) is 0 Å². The maximum Gasteiger partial charge on any atom is 0.0750 e. The van der Waals surface area contributed by atoms with Gasteiger partial charge in [0, 0.05) is 25.9 Å². The van der Waals surface area contributed by atoms with Crippen LogP contribution < -0.4 is 10.6 Å². The van der Waals surface area contributed by atoms with E-state index in [1.807, 2.05) is 19.1 Å². The number of nitrogen functional groups attached to an aromatic ring is 1. The number of ether oxygens (including phenoxy) is 1. The van der Waals surface area contributed by atoms with Gasteiger partial charge in [0.05, 0.1) is 16.8 Å². The topological polar surface area (TPSA) is 38.5 Å². The number of hydrogen-bond acceptors (Lipinski definition) is 3. The van der Waals surface area contributed by atoms with Gasteiger partial charge in [-0.1, -0.05) is 11.6 Å². The van der Waals surface area contributed by atoms with Crippen molar-refractivity contribution in [3.05, 3.63) is 22.7 Å². The molecule has 0 amide bonds. The summed E-state index contributed by atoms with van der Waals surface area (Å²) in [6.07, 6.45) is 2.65. The number of hydrogen-bond donors (Lipinski definition) is 1. The number of nitrogens with two attached hydrogens (primary N) is 1. The van der Waals surface area contributed by atoms with Gasteiger partial charge >= 0.3 is 0 Å². The molecule has 0 spiro atoms. The van der Waals surface area contributed by atoms with Gasteiger partial charge < -0.3 is 15.4 Å². The Morgan fingerprint density at radius 3 is 2.94 bits per heavy atom. The number of aryl methyl sites for hydroxylation is 1. The van der Waals surface area contributed by atoms with Crippen LogP contribution in [0, 0.1) is 6.92 Å². The molecule has 1 fully saturated rings. The van der Waals surface area contributed by atoms with E-state index in [1.54, 1.807) is 0 Å². The van der Waals surface area contributed by atoms with Gasteiger partial charge in [-0.3, -0.25) is 0 Å². The van der Waals surface area contributed by atoms with Crippen LogP contribution in [-0.2, 0) is 4.74 Å². The molecule has 1 aliphatic rings. The van der Waals surface area contributed by atoms with E-state index < -0.39 is 0 Å². The van der Waals surface area contributed by atoms with E-state index in [0.29, 0.717) is 16.8 Å². The summed E-state index contributed by atoms with van der Waals surface area (Å²) < 4.78 is 5.64. The fraction of sp³-hybridized carbons (Fsp3) is 0.538. The average molecular weight is 255 g/mol. The molecule has 1 atom stereocenters. The second kappa shape index (κ2) is 5.15. The van der Waals surface area contributed by atoms with E-state index in [1.165, 1.54) is 6.42 Å². The van der Waals surface area contributed by atoms with E-state index in [-0.39, 0.29) is 0 Å². The zero-order valence-electron chi connectivity index (χ0n) is 10.4. The summed E-state index contributed by atoms with van der Waals surface area (Å²) in [6, 6.07) is 3.85. The molecule has 0 bridgehead atoms. The predicted molar refractivity (Wildman–Crippen MR) is 72.8 cm³/mol. The molecule has 94 valence electrons. The van der Waals surface area contributed by atoms with Crippen molar-refractivity contribution in [2.75, 3.05) is 30.8 Å². The smallest absolute Gasteiger partial charge is 0.0750 e. The fourth-order valence-electron chi connectivity index (χ4n) is 2.30. The second-order valence-corrected chi connectivity index (χ2v) is 5.08. The molecule has 1 aromatic rings. The molecule has 1 aromatic carbocycles. The van der Waals surface area contributed by atoms with E-state index in [0.717, 1.165) is 30.8 Å². The maximum atomic E-state index is 6.06. The molecular formula is C13H19ClN2O. The summed E-state index contributed by atoms with van der Waals surface area (Å²) in [6.45, 7) is 3.84. The first-order valence-electron chi connectivity index (χ1n) is 5.96. The van der Waals surface area contributed by atoms with Crippen LogP contribution in [0.4, 0.5) is 11.4 Å². The molecule has 2 N–H and O–H groups in total. The van der Waals surface area contributed by atoms with Crippen LogP contribution >= 0.6 is 11.6 Å². The van der Waals surface area contributed by atoms with Gasteiger partial charge in [0.2, 0.25) is 0 Å². The van der Waals surface area contributed by atoms with Crippen LogP contribution in [0.1, 0.15) is 18.4 Å². The van der Waals surface area contributed by atoms with Crippen LogP contribution in [-0.4, -0.2) is 26.3 Å². The van der Waals surface area contributed by atoms with Crippen LogP contribution in [0.3, 0.4) is 0 Å². The lowest BCUT2D eigenvalue weighted by Crippen LogP contribution is -2.29. The number of halogens is 1. The first-order valence-corrected chi connectivity index (χ1v) is 6.34. The minimum Gasteiger partial charge on any atom is -0.398 e. The highest BCUT2D eigenvalue weighted by Crippen LogP contribution is 2.29. The second-order valence-electron chi connectivity index (χ2n) is 4.68. The number of rotatable bonds is 3. The molecule has 3 nitrogen and oxygen atoms in total. The highest BCUT2D eigenvalue weighted by atomic mass is 35.5. The van der Waals surface area contributed by atoms with E-state index >= 15 is 0 Å². The van der Waals surface area contributed by atoms with Crippen LogP contribution in [0.2, 0.25) is 5.02 Å². The Bertz CT molecular complexity index is 403. The van der Waals surface area contributed by atoms with E-state index in [4.69, 9.17) is 22.1 Å². The maximum absolute atomic E-state index is 6.06. The largest absolute Gasteiger partial charge is 0.398 e. The quantitative estimate of drug-likeness (QED) is 0.843. The zero-order valence-corrected chi connectivity index (χ0v) is 11.1. The Morgan fingerprint density at radius 2 is 2.29 bits per heavy atom. The van der Waals surface area contributed by atoms with Gasteiger partial charge in [0.1, 0.15) is 0 Å². The summed E-state index contributed by atoms with van der Waals surface area (Å²) in [5.41, 5.74) is 8.69. The summed E-state index contributed by atoms with van der Waals surface area (Å²) in [5.74, 6) is 0. The number of anilines is 2. The van der Waals surface area contributed by atoms with Crippen molar-refractivity contribution in [2.24, 2.45) is 0 Å². The van der Waals surface area contributed by atoms with E-state index in [9.17, 15) is 0 Å². The molecule has 1 unspecified atom stereocenters. The molecule has 1 saturated heterocycles. The van der Waals surface area contributed by atoms with Crippen LogP contribution in [0.5, 0.6) is 0 Å². The normalized spacial score (nSPS) is 19.6. The zero-order chi connectivity index (χ0) is 12.4. The van der Waals surface area contributed by atoms with Gasteiger partial charge in [-0.25, -0.2) is 0 Å². The lowest BCUT2D eigenvalue weighted by Gasteiger charge is -2.25. The third-order valence-corrected chi connectivity index (χ3v) is 3.56. The monoisotopic (exact) mass is 254 g/mol. The van der Waals surface area contributed by atoms with Crippen LogP contribution in [0.15, 0.2) is 12.1 Å². The molecule has 0 saturated carbocycles. The standard InChI is InChI=1S/C13H19ClN2O/c1-9-6-12(15)11(14)7-13(9)16(2)8-10-4-3-5-17-10/h6-7,10H,3-5,8,15H2,1-2H3. The summed E-state index contributed by atoms with van der Waals surface area (Å²) >= 11 is 6.06. The van der Waals surface area contributed by atoms with Crippen molar-refractivity contribution >= 4 is 23.0 Å². The van der Waals surface area contributed by atoms with Crippen molar-refractivity contribution in [3.8, 4) is 0 Å². The van der Waals surface area contributed by atoms with E-state index in [2.05, 4.69) is 11.9 Å². The van der Waals surface area contributed by atoms with Crippen molar-refractivity contribution < 1.29 is 4.74 Å². The number of benzene rings is 1. The number of likely N-dealkylation sites (N-methyl/N-ethyl adjacent to an activating group) is 1. The van der Waals surface area contributed by atoms with Gasteiger partial charge in [0.15, 0.2) is 0 Å². The highest BCUT2D eigenvalue weighted by Gasteiger charge is 2.18. The third-order valence-electron chi connectivity index (χ3n) is 3.23. The first kappa shape index (κ1) is 12.5. The number of nitrogens with zero attached hydrogens (tertiary/aromatic N) is 1. The molecular weight excluding hydrogens is 236 g/mol. The lowest BCUT2D eigenvalue weighted by atomic mass is 10.1. The minimum absolute atomic E-state index is 0.343. The van der Waals surface area contributed by atoms with Gasteiger partial charge in [0.25, 0.3) is 0 Å². The summed E-state index contributed by atoms with van der Waals surface area (Å²) in [4.78, 5) is 2.19. The van der Waals surface area contributed by atoms with Crippen molar-refractivity contribution in [1.82, 2.24) is 0 Å². The van der Waals surface area contributed by atoms with Crippen molar-refractivity contribution in [3.63, 3.8) is 0 Å². The Morgan fingerprint density at radius 1 is 1.53 bits per heavy atom. The van der Waals surface area contributed by atoms with Gasteiger partial charge in [-0.15, -0.1) is 0 Å². The molecule has 1 aliphatic heterocycles. The average Bonchev–Trinajstić information content (AvgIpc) is 2.76.